The summed E-state index contributed by atoms with van der Waals surface area (Å²) in [6.45, 7) is 3.68. The van der Waals surface area contributed by atoms with Crippen molar-refractivity contribution < 1.29 is 23.5 Å². The number of carbonyl (C=O) groups is 2. The lowest BCUT2D eigenvalue weighted by Crippen LogP contribution is -2.37. The molecule has 0 saturated heterocycles. The first-order chi connectivity index (χ1) is 16.6. The SMILES string of the molecule is COc1cc(C=NN(C(=O)C(N)=O)c2ccc(C)c(C)c2)cc(Br)c1OCc1c(F)cccc1Cl. The molecule has 3 aromatic rings. The van der Waals surface area contributed by atoms with E-state index in [2.05, 4.69) is 21.0 Å². The molecule has 3 aromatic carbocycles. The van der Waals surface area contributed by atoms with Crippen molar-refractivity contribution in [2.45, 2.75) is 20.5 Å². The Hall–Kier alpha value is -3.43. The minimum atomic E-state index is -1.14. The van der Waals surface area contributed by atoms with Crippen molar-refractivity contribution in [2.75, 3.05) is 12.1 Å². The van der Waals surface area contributed by atoms with Crippen LogP contribution in [0.25, 0.3) is 0 Å². The second kappa shape index (κ2) is 11.3. The monoisotopic (exact) mass is 561 g/mol. The lowest BCUT2D eigenvalue weighted by atomic mass is 10.1. The van der Waals surface area contributed by atoms with Gasteiger partial charge in [0.1, 0.15) is 12.4 Å². The highest BCUT2D eigenvalue weighted by atomic mass is 79.9. The standard InChI is InChI=1S/C25H22BrClFN3O4/c1-14-7-8-17(9-15(14)2)31(25(33)24(29)32)30-12-16-10-19(26)23(22(11-16)34-3)35-13-18-20(27)5-4-6-21(18)28/h4-12H,13H2,1-3H3,(H2,29,32). The number of nitrogens with zero attached hydrogens (tertiary/aromatic N) is 2. The maximum absolute atomic E-state index is 14.1. The summed E-state index contributed by atoms with van der Waals surface area (Å²) in [5.41, 5.74) is 8.28. The molecule has 0 unspecified atom stereocenters. The Bertz CT molecular complexity index is 1300. The predicted molar refractivity (Wildman–Crippen MR) is 137 cm³/mol. The zero-order valence-electron chi connectivity index (χ0n) is 19.1. The first kappa shape index (κ1) is 26.2. The first-order valence-electron chi connectivity index (χ1n) is 10.3. The molecule has 0 aliphatic heterocycles. The Balaban J connectivity index is 1.91. The lowest BCUT2D eigenvalue weighted by molar-refractivity contribution is -0.135. The minimum Gasteiger partial charge on any atom is -0.493 e. The molecular formula is C25H22BrClFN3O4. The summed E-state index contributed by atoms with van der Waals surface area (Å²) in [5, 5.41) is 5.37. The summed E-state index contributed by atoms with van der Waals surface area (Å²) in [7, 11) is 1.45. The smallest absolute Gasteiger partial charge is 0.336 e. The van der Waals surface area contributed by atoms with Crippen LogP contribution in [0.4, 0.5) is 10.1 Å². The van der Waals surface area contributed by atoms with Gasteiger partial charge in [0.05, 0.1) is 28.5 Å². The molecule has 0 aromatic heterocycles. The second-order valence-corrected chi connectivity index (χ2v) is 8.78. The van der Waals surface area contributed by atoms with Crippen LogP contribution in [0.5, 0.6) is 11.5 Å². The van der Waals surface area contributed by atoms with Gasteiger partial charge in [0.25, 0.3) is 0 Å². The number of primary amides is 1. The molecule has 0 aliphatic rings. The second-order valence-electron chi connectivity index (χ2n) is 7.52. The van der Waals surface area contributed by atoms with Gasteiger partial charge in [0, 0.05) is 5.56 Å². The zero-order chi connectivity index (χ0) is 25.7. The fourth-order valence-electron chi connectivity index (χ4n) is 3.09. The summed E-state index contributed by atoms with van der Waals surface area (Å²) in [5.74, 6) is -1.97. The van der Waals surface area contributed by atoms with Crippen LogP contribution >= 0.6 is 27.5 Å². The summed E-state index contributed by atoms with van der Waals surface area (Å²) in [6.07, 6.45) is 1.38. The van der Waals surface area contributed by atoms with E-state index in [0.717, 1.165) is 16.1 Å². The molecule has 0 radical (unpaired) electrons. The number of benzene rings is 3. The fraction of sp³-hybridized carbons (Fsp3) is 0.160. The number of anilines is 1. The van der Waals surface area contributed by atoms with Gasteiger partial charge in [-0.25, -0.2) is 4.39 Å². The molecule has 3 rings (SSSR count). The summed E-state index contributed by atoms with van der Waals surface area (Å²) in [4.78, 5) is 24.0. The van der Waals surface area contributed by atoms with E-state index in [-0.39, 0.29) is 17.2 Å². The van der Waals surface area contributed by atoms with E-state index >= 15 is 0 Å². The number of rotatable bonds is 7. The van der Waals surface area contributed by atoms with Crippen molar-refractivity contribution >= 4 is 51.2 Å². The summed E-state index contributed by atoms with van der Waals surface area (Å²) >= 11 is 9.50. The average Bonchev–Trinajstić information content (AvgIpc) is 2.81. The maximum Gasteiger partial charge on any atom is 0.336 e. The Morgan fingerprint density at radius 1 is 1.17 bits per heavy atom. The number of halogens is 3. The summed E-state index contributed by atoms with van der Waals surface area (Å²) < 4.78 is 25.8. The van der Waals surface area contributed by atoms with Gasteiger partial charge in [0.2, 0.25) is 0 Å². The number of carbonyl (C=O) groups excluding carboxylic acids is 2. The highest BCUT2D eigenvalue weighted by Crippen LogP contribution is 2.37. The molecular weight excluding hydrogens is 541 g/mol. The third-order valence-electron chi connectivity index (χ3n) is 5.13. The van der Waals surface area contributed by atoms with Gasteiger partial charge < -0.3 is 15.2 Å². The number of nitrogens with two attached hydrogens (primary N) is 1. The van der Waals surface area contributed by atoms with E-state index in [0.29, 0.717) is 27.2 Å². The number of aryl methyl sites for hydroxylation is 2. The average molecular weight is 563 g/mol. The van der Waals surface area contributed by atoms with E-state index in [4.69, 9.17) is 26.8 Å². The van der Waals surface area contributed by atoms with Crippen LogP contribution in [0.15, 0.2) is 58.1 Å². The van der Waals surface area contributed by atoms with Gasteiger partial charge in [-0.3, -0.25) is 9.59 Å². The van der Waals surface area contributed by atoms with Crippen molar-refractivity contribution in [1.29, 1.82) is 0 Å². The van der Waals surface area contributed by atoms with Crippen LogP contribution in [0.1, 0.15) is 22.3 Å². The highest BCUT2D eigenvalue weighted by Gasteiger charge is 2.21. The third kappa shape index (κ3) is 6.17. The Labute approximate surface area is 215 Å². The molecule has 0 saturated carbocycles. The number of hydrogen-bond acceptors (Lipinski definition) is 5. The van der Waals surface area contributed by atoms with Crippen LogP contribution in [0.3, 0.4) is 0 Å². The molecule has 0 spiro atoms. The minimum absolute atomic E-state index is 0.123. The fourth-order valence-corrected chi connectivity index (χ4v) is 3.88. The van der Waals surface area contributed by atoms with Crippen molar-refractivity contribution in [3.8, 4) is 11.5 Å². The number of amides is 2. The molecule has 0 atom stereocenters. The van der Waals surface area contributed by atoms with Crippen molar-refractivity contribution in [1.82, 2.24) is 0 Å². The van der Waals surface area contributed by atoms with E-state index in [1.165, 1.54) is 25.5 Å². The van der Waals surface area contributed by atoms with Crippen molar-refractivity contribution in [3.05, 3.63) is 86.1 Å². The van der Waals surface area contributed by atoms with Gasteiger partial charge in [-0.1, -0.05) is 23.7 Å². The molecule has 0 aliphatic carbocycles. The molecule has 0 fully saturated rings. The quantitative estimate of drug-likeness (QED) is 0.240. The van der Waals surface area contributed by atoms with Gasteiger partial charge >= 0.3 is 11.8 Å². The highest BCUT2D eigenvalue weighted by molar-refractivity contribution is 9.10. The molecule has 182 valence electrons. The van der Waals surface area contributed by atoms with Crippen LogP contribution in [0.2, 0.25) is 5.02 Å². The van der Waals surface area contributed by atoms with Gasteiger partial charge in [-0.05, 0) is 82.9 Å². The predicted octanol–water partition coefficient (Wildman–Crippen LogP) is 5.30. The number of methoxy groups -OCH3 is 1. The normalized spacial score (nSPS) is 10.9. The number of ether oxygens (including phenoxy) is 2. The molecule has 10 heteroatoms. The molecule has 0 heterocycles. The van der Waals surface area contributed by atoms with Gasteiger partial charge in [-0.15, -0.1) is 0 Å². The molecule has 2 N–H and O–H groups in total. The summed E-state index contributed by atoms with van der Waals surface area (Å²) in [6, 6.07) is 12.9. The lowest BCUT2D eigenvalue weighted by Gasteiger charge is -2.17. The maximum atomic E-state index is 14.1. The van der Waals surface area contributed by atoms with Crippen LogP contribution in [-0.4, -0.2) is 25.1 Å². The Kier molecular flexibility index (Phi) is 8.48. The van der Waals surface area contributed by atoms with Crippen molar-refractivity contribution in [3.63, 3.8) is 0 Å². The van der Waals surface area contributed by atoms with Crippen LogP contribution in [-0.2, 0) is 16.2 Å². The number of hydrazone groups is 1. The van der Waals surface area contributed by atoms with Gasteiger partial charge in [0.15, 0.2) is 11.5 Å². The molecule has 35 heavy (non-hydrogen) atoms. The number of hydrogen-bond donors (Lipinski definition) is 1. The molecule has 7 nitrogen and oxygen atoms in total. The van der Waals surface area contributed by atoms with E-state index < -0.39 is 17.6 Å². The third-order valence-corrected chi connectivity index (χ3v) is 6.08. The largest absolute Gasteiger partial charge is 0.493 e. The van der Waals surface area contributed by atoms with Gasteiger partial charge in [-0.2, -0.15) is 10.1 Å². The Morgan fingerprint density at radius 2 is 1.91 bits per heavy atom. The Morgan fingerprint density at radius 3 is 2.54 bits per heavy atom. The topological polar surface area (TPSA) is 94.2 Å². The van der Waals surface area contributed by atoms with E-state index in [1.54, 1.807) is 30.3 Å². The van der Waals surface area contributed by atoms with Crippen LogP contribution in [0, 0.1) is 19.7 Å². The first-order valence-corrected chi connectivity index (χ1v) is 11.5. The van der Waals surface area contributed by atoms with E-state index in [9.17, 15) is 14.0 Å². The van der Waals surface area contributed by atoms with Crippen molar-refractivity contribution in [2.24, 2.45) is 10.8 Å². The van der Waals surface area contributed by atoms with Crippen LogP contribution < -0.4 is 20.2 Å². The molecule has 2 amide bonds. The van der Waals surface area contributed by atoms with E-state index in [1.807, 2.05) is 19.9 Å². The zero-order valence-corrected chi connectivity index (χ0v) is 21.5. The molecule has 0 bridgehead atoms.